The normalized spacial score (nSPS) is 13.6. The van der Waals surface area contributed by atoms with Crippen molar-refractivity contribution in [2.45, 2.75) is 31.5 Å². The van der Waals surface area contributed by atoms with Crippen LogP contribution in [0.2, 0.25) is 0 Å². The van der Waals surface area contributed by atoms with Gasteiger partial charge >= 0.3 is 5.97 Å². The molecule has 1 aromatic rings. The van der Waals surface area contributed by atoms with Gasteiger partial charge < -0.3 is 9.67 Å². The first-order chi connectivity index (χ1) is 7.38. The zero-order chi connectivity index (χ0) is 12.3. The van der Waals surface area contributed by atoms with Gasteiger partial charge in [-0.1, -0.05) is 0 Å². The summed E-state index contributed by atoms with van der Waals surface area (Å²) in [5.41, 5.74) is 0. The van der Waals surface area contributed by atoms with Gasteiger partial charge in [0.1, 0.15) is 6.04 Å². The lowest BCUT2D eigenvalue weighted by Gasteiger charge is -2.10. The highest BCUT2D eigenvalue weighted by molar-refractivity contribution is 7.89. The van der Waals surface area contributed by atoms with E-state index in [1.165, 1.54) is 24.0 Å². The number of imidazole rings is 1. The molecule has 1 atom stereocenters. The van der Waals surface area contributed by atoms with E-state index in [-0.39, 0.29) is 5.03 Å². The zero-order valence-electron chi connectivity index (χ0n) is 8.91. The number of aromatic nitrogens is 2. The van der Waals surface area contributed by atoms with E-state index in [9.17, 15) is 13.2 Å². The summed E-state index contributed by atoms with van der Waals surface area (Å²) in [6.07, 6.45) is 2.56. The van der Waals surface area contributed by atoms with Crippen molar-refractivity contribution in [1.82, 2.24) is 14.3 Å². The monoisotopic (exact) mass is 247 g/mol. The van der Waals surface area contributed by atoms with Crippen LogP contribution in [0.5, 0.6) is 0 Å². The number of aryl methyl sites for hydroxylation is 1. The largest absolute Gasteiger partial charge is 0.480 e. The molecule has 0 aliphatic carbocycles. The number of hydrogen-bond donors (Lipinski definition) is 2. The maximum Gasteiger partial charge on any atom is 0.321 e. The predicted molar refractivity (Wildman–Crippen MR) is 55.3 cm³/mol. The first kappa shape index (κ1) is 12.7. The fourth-order valence-electron chi connectivity index (χ4n) is 1.11. The highest BCUT2D eigenvalue weighted by Crippen LogP contribution is 2.08. The lowest BCUT2D eigenvalue weighted by atomic mass is 10.4. The molecule has 90 valence electrons. The van der Waals surface area contributed by atoms with Gasteiger partial charge in [0, 0.05) is 6.54 Å². The van der Waals surface area contributed by atoms with Gasteiger partial charge in [0.05, 0.1) is 12.5 Å². The Bertz CT molecular complexity index is 479. The first-order valence-electron chi connectivity index (χ1n) is 4.63. The molecule has 8 heteroatoms. The van der Waals surface area contributed by atoms with Gasteiger partial charge in [-0.05, 0) is 13.8 Å². The molecule has 0 amide bonds. The Morgan fingerprint density at radius 2 is 2.31 bits per heavy atom. The Labute approximate surface area is 93.2 Å². The molecule has 0 saturated carbocycles. The number of sulfonamides is 1. The van der Waals surface area contributed by atoms with E-state index in [0.29, 0.717) is 6.54 Å². The van der Waals surface area contributed by atoms with Crippen molar-refractivity contribution < 1.29 is 18.3 Å². The number of nitrogens with zero attached hydrogens (tertiary/aromatic N) is 2. The molecular formula is C8H13N3O4S. The highest BCUT2D eigenvalue weighted by atomic mass is 32.2. The molecule has 1 rings (SSSR count). The fourth-order valence-corrected chi connectivity index (χ4v) is 2.48. The van der Waals surface area contributed by atoms with Crippen molar-refractivity contribution in [3.63, 3.8) is 0 Å². The molecule has 0 saturated heterocycles. The molecule has 2 N–H and O–H groups in total. The van der Waals surface area contributed by atoms with E-state index in [0.717, 1.165) is 0 Å². The van der Waals surface area contributed by atoms with Crippen molar-refractivity contribution in [3.8, 4) is 0 Å². The molecule has 7 nitrogen and oxygen atoms in total. The van der Waals surface area contributed by atoms with Gasteiger partial charge in [-0.2, -0.15) is 4.72 Å². The second-order valence-electron chi connectivity index (χ2n) is 3.20. The standard InChI is InChI=1S/C8H13N3O4S/c1-3-11-5-9-4-7(11)16(14,15)10-6(2)8(12)13/h4-6,10H,3H2,1-2H3,(H,12,13)/t6-/m1/s1. The summed E-state index contributed by atoms with van der Waals surface area (Å²) < 4.78 is 27.0. The number of nitrogens with one attached hydrogen (secondary N) is 1. The lowest BCUT2D eigenvalue weighted by molar-refractivity contribution is -0.138. The summed E-state index contributed by atoms with van der Waals surface area (Å²) >= 11 is 0. The minimum Gasteiger partial charge on any atom is -0.480 e. The number of hydrogen-bond acceptors (Lipinski definition) is 4. The average molecular weight is 247 g/mol. The minimum atomic E-state index is -3.83. The molecule has 0 radical (unpaired) electrons. The van der Waals surface area contributed by atoms with Gasteiger partial charge in [-0.15, -0.1) is 0 Å². The summed E-state index contributed by atoms with van der Waals surface area (Å²) in [5, 5.41) is 8.58. The molecule has 0 unspecified atom stereocenters. The molecule has 0 aliphatic rings. The van der Waals surface area contributed by atoms with E-state index in [1.807, 2.05) is 4.72 Å². The molecule has 0 fully saturated rings. The van der Waals surface area contributed by atoms with Crippen LogP contribution in [-0.2, 0) is 21.4 Å². The van der Waals surface area contributed by atoms with Gasteiger partial charge in [-0.25, -0.2) is 13.4 Å². The highest BCUT2D eigenvalue weighted by Gasteiger charge is 2.24. The SMILES string of the molecule is CCn1cncc1S(=O)(=O)N[C@H](C)C(=O)O. The van der Waals surface area contributed by atoms with Crippen LogP contribution in [-0.4, -0.2) is 35.1 Å². The van der Waals surface area contributed by atoms with E-state index >= 15 is 0 Å². The topological polar surface area (TPSA) is 101 Å². The predicted octanol–water partition coefficient (Wildman–Crippen LogP) is -0.346. The first-order valence-corrected chi connectivity index (χ1v) is 6.12. The molecular weight excluding hydrogens is 234 g/mol. The summed E-state index contributed by atoms with van der Waals surface area (Å²) in [7, 11) is -3.83. The van der Waals surface area contributed by atoms with Crippen LogP contribution < -0.4 is 4.72 Å². The van der Waals surface area contributed by atoms with Crippen molar-refractivity contribution in [1.29, 1.82) is 0 Å². The number of carboxylic acids is 1. The van der Waals surface area contributed by atoms with E-state index in [4.69, 9.17) is 5.11 Å². The number of carbonyl (C=O) groups is 1. The van der Waals surface area contributed by atoms with Gasteiger partial charge in [-0.3, -0.25) is 4.79 Å². The molecule has 16 heavy (non-hydrogen) atoms. The molecule has 0 spiro atoms. The second kappa shape index (κ2) is 4.62. The smallest absolute Gasteiger partial charge is 0.321 e. The summed E-state index contributed by atoms with van der Waals surface area (Å²) in [5.74, 6) is -1.23. The van der Waals surface area contributed by atoms with Crippen LogP contribution in [0.3, 0.4) is 0 Å². The average Bonchev–Trinajstić information content (AvgIpc) is 2.64. The second-order valence-corrected chi connectivity index (χ2v) is 4.86. The Kier molecular flexibility index (Phi) is 3.66. The Morgan fingerprint density at radius 1 is 1.69 bits per heavy atom. The summed E-state index contributed by atoms with van der Waals surface area (Å²) in [6.45, 7) is 3.46. The van der Waals surface area contributed by atoms with Crippen LogP contribution in [0, 0.1) is 0 Å². The Hall–Kier alpha value is -1.41. The zero-order valence-corrected chi connectivity index (χ0v) is 9.73. The van der Waals surface area contributed by atoms with E-state index in [1.54, 1.807) is 6.92 Å². The van der Waals surface area contributed by atoms with Crippen molar-refractivity contribution >= 4 is 16.0 Å². The third-order valence-electron chi connectivity index (χ3n) is 1.99. The molecule has 0 aromatic carbocycles. The Morgan fingerprint density at radius 3 is 2.81 bits per heavy atom. The maximum atomic E-state index is 11.8. The van der Waals surface area contributed by atoms with Crippen LogP contribution >= 0.6 is 0 Å². The van der Waals surface area contributed by atoms with Gasteiger partial charge in [0.15, 0.2) is 5.03 Å². The number of aliphatic carboxylic acids is 1. The molecule has 0 aliphatic heterocycles. The van der Waals surface area contributed by atoms with Crippen LogP contribution in [0.25, 0.3) is 0 Å². The van der Waals surface area contributed by atoms with Gasteiger partial charge in [0.2, 0.25) is 0 Å². The third-order valence-corrected chi connectivity index (χ3v) is 3.55. The number of rotatable bonds is 5. The summed E-state index contributed by atoms with van der Waals surface area (Å²) in [6, 6.07) is -1.18. The molecule has 1 heterocycles. The van der Waals surface area contributed by atoms with E-state index < -0.39 is 22.0 Å². The minimum absolute atomic E-state index is 0.0388. The number of carboxylic acid groups (broad SMARTS) is 1. The van der Waals surface area contributed by atoms with Crippen LogP contribution in [0.1, 0.15) is 13.8 Å². The quantitative estimate of drug-likeness (QED) is 0.740. The molecule has 1 aromatic heterocycles. The van der Waals surface area contributed by atoms with E-state index in [2.05, 4.69) is 4.98 Å². The molecule has 0 bridgehead atoms. The maximum absolute atomic E-state index is 11.8. The van der Waals surface area contributed by atoms with Crippen LogP contribution in [0.4, 0.5) is 0 Å². The van der Waals surface area contributed by atoms with Crippen molar-refractivity contribution in [2.75, 3.05) is 0 Å². The lowest BCUT2D eigenvalue weighted by Crippen LogP contribution is -2.39. The third kappa shape index (κ3) is 2.58. The fraction of sp³-hybridized carbons (Fsp3) is 0.500. The van der Waals surface area contributed by atoms with Gasteiger partial charge in [0.25, 0.3) is 10.0 Å². The van der Waals surface area contributed by atoms with Crippen molar-refractivity contribution in [2.24, 2.45) is 0 Å². The van der Waals surface area contributed by atoms with Crippen LogP contribution in [0.15, 0.2) is 17.6 Å². The summed E-state index contributed by atoms with van der Waals surface area (Å²) in [4.78, 5) is 14.3. The Balaban J connectivity index is 2.99. The van der Waals surface area contributed by atoms with Crippen molar-refractivity contribution in [3.05, 3.63) is 12.5 Å².